The van der Waals surface area contributed by atoms with Crippen LogP contribution in [0.25, 0.3) is 0 Å². The number of tetrazole rings is 1. The van der Waals surface area contributed by atoms with Crippen LogP contribution in [0, 0.1) is 5.82 Å². The Morgan fingerprint density at radius 2 is 1.82 bits per heavy atom. The van der Waals surface area contributed by atoms with Crippen molar-refractivity contribution in [3.63, 3.8) is 0 Å². The molecule has 0 bridgehead atoms. The van der Waals surface area contributed by atoms with Gasteiger partial charge in [0.25, 0.3) is 0 Å². The van der Waals surface area contributed by atoms with Gasteiger partial charge in [-0.15, -0.1) is 0 Å². The molecule has 0 amide bonds. The molecule has 4 rings (SSSR count). The smallest absolute Gasteiger partial charge is 0.318 e. The lowest BCUT2D eigenvalue weighted by molar-refractivity contribution is -0.0918. The first-order valence-electron chi connectivity index (χ1n) is 8.07. The van der Waals surface area contributed by atoms with E-state index in [1.807, 2.05) is 0 Å². The highest BCUT2D eigenvalue weighted by Gasteiger charge is 2.46. The van der Waals surface area contributed by atoms with Crippen molar-refractivity contribution in [2.24, 2.45) is 0 Å². The second kappa shape index (κ2) is 6.55. The van der Waals surface area contributed by atoms with E-state index in [0.29, 0.717) is 5.56 Å². The van der Waals surface area contributed by atoms with Crippen LogP contribution < -0.4 is 5.32 Å². The number of allylic oxidation sites excluding steroid dienone is 2. The van der Waals surface area contributed by atoms with E-state index in [2.05, 4.69) is 20.8 Å². The summed E-state index contributed by atoms with van der Waals surface area (Å²) in [5.41, 5.74) is -1.74. The number of hydrogen-bond acceptors (Lipinski definition) is 5. The van der Waals surface area contributed by atoms with Gasteiger partial charge in [0.1, 0.15) is 17.6 Å². The fraction of sp³-hybridized carbons (Fsp3) is 0.111. The minimum Gasteiger partial charge on any atom is -0.318 e. The predicted octanol–water partition coefficient (Wildman–Crippen LogP) is 3.53. The average molecular weight is 389 g/mol. The molecule has 1 N–H and O–H groups in total. The van der Waals surface area contributed by atoms with Crippen molar-refractivity contribution in [2.45, 2.75) is 12.2 Å². The first-order valence-corrected chi connectivity index (χ1v) is 8.07. The zero-order valence-corrected chi connectivity index (χ0v) is 14.0. The van der Waals surface area contributed by atoms with Crippen LogP contribution in [0.5, 0.6) is 0 Å². The quantitative estimate of drug-likeness (QED) is 0.548. The van der Waals surface area contributed by atoms with E-state index in [1.54, 1.807) is 30.3 Å². The van der Waals surface area contributed by atoms with Crippen LogP contribution in [0.1, 0.15) is 22.0 Å². The number of Topliss-reactive ketones (excluding diaryl/α,β-unsaturated/α-hetero) is 1. The molecule has 28 heavy (non-hydrogen) atoms. The highest BCUT2D eigenvalue weighted by atomic mass is 19.4. The fourth-order valence-electron chi connectivity index (χ4n) is 3.08. The summed E-state index contributed by atoms with van der Waals surface area (Å²) < 4.78 is 56.1. The highest BCUT2D eigenvalue weighted by molar-refractivity contribution is 6.10. The summed E-state index contributed by atoms with van der Waals surface area (Å²) in [5.74, 6) is -1.96. The Balaban J connectivity index is 1.97. The van der Waals surface area contributed by atoms with Crippen molar-refractivity contribution in [3.05, 3.63) is 82.8 Å². The molecule has 0 fully saturated rings. The van der Waals surface area contributed by atoms with E-state index in [-0.39, 0.29) is 11.5 Å². The second-order valence-electron chi connectivity index (χ2n) is 6.01. The molecule has 0 saturated heterocycles. The summed E-state index contributed by atoms with van der Waals surface area (Å²) >= 11 is 0. The van der Waals surface area contributed by atoms with Crippen molar-refractivity contribution in [2.75, 3.05) is 5.32 Å². The minimum atomic E-state index is -4.89. The molecule has 1 aliphatic rings. The fourth-order valence-corrected chi connectivity index (χ4v) is 3.08. The Kier molecular flexibility index (Phi) is 4.17. The van der Waals surface area contributed by atoms with E-state index in [0.717, 1.165) is 16.8 Å². The SMILES string of the molecule is O=C(C1=C(C(F)(F)F)Nc2nnnn2C1c1ccccc1)c1cccc(F)c1. The number of aromatic nitrogens is 4. The Morgan fingerprint density at radius 3 is 2.50 bits per heavy atom. The molecule has 0 radical (unpaired) electrons. The molecule has 2 heterocycles. The number of nitrogens with zero attached hydrogens (tertiary/aromatic N) is 4. The van der Waals surface area contributed by atoms with Crippen molar-refractivity contribution < 1.29 is 22.4 Å². The number of halogens is 4. The van der Waals surface area contributed by atoms with E-state index in [9.17, 15) is 22.4 Å². The summed E-state index contributed by atoms with van der Waals surface area (Å²) in [4.78, 5) is 13.1. The standard InChI is InChI=1S/C18H11F4N5O/c19-12-8-4-7-11(9-12)15(28)13-14(10-5-2-1-3-6-10)27-17(24-25-26-27)23-16(13)18(20,21)22/h1-9,14H,(H,23,24,26). The normalized spacial score (nSPS) is 16.5. The van der Waals surface area contributed by atoms with Gasteiger partial charge < -0.3 is 5.32 Å². The van der Waals surface area contributed by atoms with Gasteiger partial charge in [0, 0.05) is 5.56 Å². The number of benzene rings is 2. The van der Waals surface area contributed by atoms with Gasteiger partial charge >= 0.3 is 6.18 Å². The first kappa shape index (κ1) is 17.8. The van der Waals surface area contributed by atoms with Crippen LogP contribution in [0.2, 0.25) is 0 Å². The molecule has 0 spiro atoms. The van der Waals surface area contributed by atoms with Gasteiger partial charge in [0.2, 0.25) is 5.95 Å². The molecule has 10 heteroatoms. The zero-order chi connectivity index (χ0) is 19.9. The minimum absolute atomic E-state index is 0.212. The maximum atomic E-state index is 13.8. The van der Waals surface area contributed by atoms with E-state index < -0.39 is 35.1 Å². The summed E-state index contributed by atoms with van der Waals surface area (Å²) in [6, 6.07) is 11.3. The van der Waals surface area contributed by atoms with Crippen LogP contribution in [0.4, 0.5) is 23.5 Å². The maximum Gasteiger partial charge on any atom is 0.431 e. The number of ketones is 1. The molecule has 1 aromatic heterocycles. The maximum absolute atomic E-state index is 13.8. The predicted molar refractivity (Wildman–Crippen MR) is 89.8 cm³/mol. The molecular formula is C18H11F4N5O. The van der Waals surface area contributed by atoms with Crippen LogP contribution in [-0.4, -0.2) is 32.2 Å². The number of nitrogens with one attached hydrogen (secondary N) is 1. The summed E-state index contributed by atoms with van der Waals surface area (Å²) in [5, 5.41) is 12.8. The highest BCUT2D eigenvalue weighted by Crippen LogP contribution is 2.41. The Morgan fingerprint density at radius 1 is 1.07 bits per heavy atom. The molecule has 3 aromatic rings. The van der Waals surface area contributed by atoms with Crippen molar-refractivity contribution >= 4 is 11.7 Å². The summed E-state index contributed by atoms with van der Waals surface area (Å²) in [7, 11) is 0. The van der Waals surface area contributed by atoms with Crippen LogP contribution in [0.15, 0.2) is 65.9 Å². The van der Waals surface area contributed by atoms with Crippen LogP contribution >= 0.6 is 0 Å². The monoisotopic (exact) mass is 389 g/mol. The number of anilines is 1. The van der Waals surface area contributed by atoms with Gasteiger partial charge in [0.15, 0.2) is 5.78 Å². The van der Waals surface area contributed by atoms with E-state index in [4.69, 9.17) is 0 Å². The number of hydrogen-bond donors (Lipinski definition) is 1. The molecule has 1 atom stereocenters. The molecule has 2 aromatic carbocycles. The second-order valence-corrected chi connectivity index (χ2v) is 6.01. The molecule has 6 nitrogen and oxygen atoms in total. The third kappa shape index (κ3) is 3.02. The Labute approximate surface area is 155 Å². The number of alkyl halides is 3. The van der Waals surface area contributed by atoms with Crippen LogP contribution in [0.3, 0.4) is 0 Å². The molecular weight excluding hydrogens is 378 g/mol. The van der Waals surface area contributed by atoms with Gasteiger partial charge in [-0.05, 0) is 28.1 Å². The largest absolute Gasteiger partial charge is 0.431 e. The summed E-state index contributed by atoms with van der Waals surface area (Å²) in [6.07, 6.45) is -4.89. The van der Waals surface area contributed by atoms with Gasteiger partial charge in [-0.2, -0.15) is 17.9 Å². The number of carbonyl (C=O) groups is 1. The molecule has 0 aliphatic carbocycles. The first-order chi connectivity index (χ1) is 13.4. The van der Waals surface area contributed by atoms with Crippen LogP contribution in [-0.2, 0) is 0 Å². The Bertz CT molecular complexity index is 1070. The van der Waals surface area contributed by atoms with Gasteiger partial charge in [-0.1, -0.05) is 47.6 Å². The van der Waals surface area contributed by atoms with Gasteiger partial charge in [0.05, 0.1) is 5.57 Å². The molecule has 0 saturated carbocycles. The topological polar surface area (TPSA) is 72.7 Å². The number of fused-ring (bicyclic) bond motifs is 1. The lowest BCUT2D eigenvalue weighted by Gasteiger charge is -2.29. The van der Waals surface area contributed by atoms with Crippen molar-refractivity contribution in [3.8, 4) is 0 Å². The molecule has 1 unspecified atom stereocenters. The Hall–Kier alpha value is -3.56. The third-order valence-corrected chi connectivity index (χ3v) is 4.25. The van der Waals surface area contributed by atoms with Crippen molar-refractivity contribution in [1.82, 2.24) is 20.2 Å². The summed E-state index contributed by atoms with van der Waals surface area (Å²) in [6.45, 7) is 0. The number of rotatable bonds is 3. The molecule has 1 aliphatic heterocycles. The average Bonchev–Trinajstić information content (AvgIpc) is 3.14. The molecule has 142 valence electrons. The zero-order valence-electron chi connectivity index (χ0n) is 14.0. The van der Waals surface area contributed by atoms with Gasteiger partial charge in [-0.25, -0.2) is 4.39 Å². The van der Waals surface area contributed by atoms with Crippen molar-refractivity contribution in [1.29, 1.82) is 0 Å². The lowest BCUT2D eigenvalue weighted by Crippen LogP contribution is -2.35. The third-order valence-electron chi connectivity index (χ3n) is 4.25. The van der Waals surface area contributed by atoms with Gasteiger partial charge in [-0.3, -0.25) is 4.79 Å². The lowest BCUT2D eigenvalue weighted by atomic mass is 9.89. The number of carbonyl (C=O) groups excluding carboxylic acids is 1. The van der Waals surface area contributed by atoms with E-state index in [1.165, 1.54) is 12.1 Å². The van der Waals surface area contributed by atoms with E-state index >= 15 is 0 Å².